The molecule has 2 aliphatic rings. The molecule has 2 saturated heterocycles. The summed E-state index contributed by atoms with van der Waals surface area (Å²) in [5, 5.41) is 3.41. The number of carbonyl (C=O) groups excluding carboxylic acids is 1. The van der Waals surface area contributed by atoms with Crippen molar-refractivity contribution in [2.24, 2.45) is 0 Å². The van der Waals surface area contributed by atoms with Crippen molar-refractivity contribution < 1.29 is 4.79 Å². The lowest BCUT2D eigenvalue weighted by molar-refractivity contribution is 0.0745. The number of carbonyl (C=O) groups is 1. The van der Waals surface area contributed by atoms with E-state index in [0.29, 0.717) is 5.92 Å². The van der Waals surface area contributed by atoms with E-state index in [1.165, 1.54) is 11.1 Å². The number of pyridine rings is 1. The predicted molar refractivity (Wildman–Crippen MR) is 104 cm³/mol. The summed E-state index contributed by atoms with van der Waals surface area (Å²) in [5.74, 6) is 1.63. The van der Waals surface area contributed by atoms with E-state index in [9.17, 15) is 4.79 Å². The third-order valence-corrected chi connectivity index (χ3v) is 5.48. The molecular formula is C21H26N4O. The number of rotatable bonds is 3. The Balaban J connectivity index is 1.46. The number of piperazine rings is 1. The highest BCUT2D eigenvalue weighted by molar-refractivity contribution is 5.96. The lowest BCUT2D eigenvalue weighted by Crippen LogP contribution is -2.49. The number of anilines is 1. The van der Waals surface area contributed by atoms with Crippen LogP contribution in [0, 0.1) is 6.92 Å². The summed E-state index contributed by atoms with van der Waals surface area (Å²) in [6, 6.07) is 12.3. The molecule has 1 aromatic heterocycles. The van der Waals surface area contributed by atoms with Crippen molar-refractivity contribution in [3.8, 4) is 0 Å². The number of aryl methyl sites for hydroxylation is 1. The fourth-order valence-electron chi connectivity index (χ4n) is 3.97. The van der Waals surface area contributed by atoms with E-state index in [4.69, 9.17) is 0 Å². The van der Waals surface area contributed by atoms with E-state index in [-0.39, 0.29) is 5.91 Å². The van der Waals surface area contributed by atoms with Gasteiger partial charge in [0.1, 0.15) is 5.82 Å². The van der Waals surface area contributed by atoms with Gasteiger partial charge >= 0.3 is 0 Å². The molecule has 2 aromatic rings. The lowest BCUT2D eigenvalue weighted by atomic mass is 9.93. The SMILES string of the molecule is Cc1ccnc(N2CCN(C(=O)c3ccccc3C3CCNC3)CC2)c1. The van der Waals surface area contributed by atoms with Crippen LogP contribution < -0.4 is 10.2 Å². The van der Waals surface area contributed by atoms with Gasteiger partial charge in [-0.3, -0.25) is 4.79 Å². The quantitative estimate of drug-likeness (QED) is 0.924. The highest BCUT2D eigenvalue weighted by Gasteiger charge is 2.27. The third-order valence-electron chi connectivity index (χ3n) is 5.48. The maximum atomic E-state index is 13.1. The topological polar surface area (TPSA) is 48.5 Å². The Morgan fingerprint density at radius 2 is 1.96 bits per heavy atom. The van der Waals surface area contributed by atoms with Crippen molar-refractivity contribution >= 4 is 11.7 Å². The van der Waals surface area contributed by atoms with E-state index < -0.39 is 0 Å². The molecule has 0 bridgehead atoms. The number of hydrogen-bond acceptors (Lipinski definition) is 4. The van der Waals surface area contributed by atoms with Crippen LogP contribution in [0.1, 0.15) is 33.8 Å². The van der Waals surface area contributed by atoms with Crippen molar-refractivity contribution in [1.82, 2.24) is 15.2 Å². The Kier molecular flexibility index (Phi) is 4.89. The van der Waals surface area contributed by atoms with Gasteiger partial charge in [-0.2, -0.15) is 0 Å². The van der Waals surface area contributed by atoms with E-state index in [1.807, 2.05) is 35.4 Å². The molecule has 0 saturated carbocycles. The summed E-state index contributed by atoms with van der Waals surface area (Å²) in [5.41, 5.74) is 3.29. The summed E-state index contributed by atoms with van der Waals surface area (Å²) < 4.78 is 0. The molecule has 1 N–H and O–H groups in total. The van der Waals surface area contributed by atoms with Crippen molar-refractivity contribution in [3.63, 3.8) is 0 Å². The van der Waals surface area contributed by atoms with Gasteiger partial charge in [-0.05, 0) is 55.1 Å². The molecule has 1 amide bonds. The summed E-state index contributed by atoms with van der Waals surface area (Å²) in [6.07, 6.45) is 2.96. The van der Waals surface area contributed by atoms with Gasteiger partial charge in [0.05, 0.1) is 0 Å². The molecule has 0 aliphatic carbocycles. The maximum Gasteiger partial charge on any atom is 0.254 e. The average Bonchev–Trinajstić information content (AvgIpc) is 3.22. The Morgan fingerprint density at radius 3 is 2.69 bits per heavy atom. The van der Waals surface area contributed by atoms with Gasteiger partial charge < -0.3 is 15.1 Å². The molecule has 1 atom stereocenters. The van der Waals surface area contributed by atoms with E-state index >= 15 is 0 Å². The second-order valence-electron chi connectivity index (χ2n) is 7.25. The van der Waals surface area contributed by atoms with Gasteiger partial charge in [0.25, 0.3) is 5.91 Å². The number of hydrogen-bond donors (Lipinski definition) is 1. The number of amides is 1. The first-order chi connectivity index (χ1) is 12.7. The van der Waals surface area contributed by atoms with Crippen LogP contribution in [0.2, 0.25) is 0 Å². The van der Waals surface area contributed by atoms with Gasteiger partial charge in [0.15, 0.2) is 0 Å². The molecule has 0 radical (unpaired) electrons. The second-order valence-corrected chi connectivity index (χ2v) is 7.25. The fraction of sp³-hybridized carbons (Fsp3) is 0.429. The standard InChI is InChI=1S/C21H26N4O/c1-16-6-9-23-20(14-16)24-10-12-25(13-11-24)21(26)19-5-3-2-4-18(19)17-7-8-22-15-17/h2-6,9,14,17,22H,7-8,10-13,15H2,1H3. The first-order valence-electron chi connectivity index (χ1n) is 9.49. The van der Waals surface area contributed by atoms with Crippen LogP contribution in [0.4, 0.5) is 5.82 Å². The lowest BCUT2D eigenvalue weighted by Gasteiger charge is -2.36. The molecule has 3 heterocycles. The smallest absolute Gasteiger partial charge is 0.254 e. The van der Waals surface area contributed by atoms with Crippen LogP contribution in [0.3, 0.4) is 0 Å². The molecular weight excluding hydrogens is 324 g/mol. The molecule has 26 heavy (non-hydrogen) atoms. The van der Waals surface area contributed by atoms with E-state index in [0.717, 1.165) is 57.1 Å². The second kappa shape index (κ2) is 7.46. The zero-order chi connectivity index (χ0) is 17.9. The Hall–Kier alpha value is -2.40. The molecule has 1 unspecified atom stereocenters. The van der Waals surface area contributed by atoms with Crippen LogP contribution in [0.15, 0.2) is 42.6 Å². The van der Waals surface area contributed by atoms with E-state index in [1.54, 1.807) is 0 Å². The van der Waals surface area contributed by atoms with Gasteiger partial charge in [-0.1, -0.05) is 18.2 Å². The van der Waals surface area contributed by atoms with E-state index in [2.05, 4.69) is 34.3 Å². The summed E-state index contributed by atoms with van der Waals surface area (Å²) >= 11 is 0. The molecule has 0 spiro atoms. The Labute approximate surface area is 155 Å². The first kappa shape index (κ1) is 17.0. The minimum Gasteiger partial charge on any atom is -0.353 e. The monoisotopic (exact) mass is 350 g/mol. The number of aromatic nitrogens is 1. The third kappa shape index (κ3) is 3.44. The molecule has 5 nitrogen and oxygen atoms in total. The molecule has 2 aliphatic heterocycles. The number of nitrogens with zero attached hydrogens (tertiary/aromatic N) is 3. The van der Waals surface area contributed by atoms with Gasteiger partial charge in [-0.15, -0.1) is 0 Å². The minimum absolute atomic E-state index is 0.171. The normalized spacial score (nSPS) is 20.4. The zero-order valence-corrected chi connectivity index (χ0v) is 15.3. The molecule has 136 valence electrons. The highest BCUT2D eigenvalue weighted by Crippen LogP contribution is 2.27. The van der Waals surface area contributed by atoms with Crippen molar-refractivity contribution in [2.45, 2.75) is 19.3 Å². The molecule has 1 aromatic carbocycles. The van der Waals surface area contributed by atoms with Crippen LogP contribution >= 0.6 is 0 Å². The molecule has 2 fully saturated rings. The minimum atomic E-state index is 0.171. The van der Waals surface area contributed by atoms with Gasteiger partial charge in [0, 0.05) is 44.5 Å². The van der Waals surface area contributed by atoms with Gasteiger partial charge in [-0.25, -0.2) is 4.98 Å². The first-order valence-corrected chi connectivity index (χ1v) is 9.49. The zero-order valence-electron chi connectivity index (χ0n) is 15.3. The fourth-order valence-corrected chi connectivity index (χ4v) is 3.97. The Morgan fingerprint density at radius 1 is 1.15 bits per heavy atom. The summed E-state index contributed by atoms with van der Waals surface area (Å²) in [6.45, 7) is 7.23. The summed E-state index contributed by atoms with van der Waals surface area (Å²) in [4.78, 5) is 21.9. The van der Waals surface area contributed by atoms with Crippen LogP contribution in [-0.4, -0.2) is 55.1 Å². The number of benzene rings is 1. The molecule has 4 rings (SSSR count). The van der Waals surface area contributed by atoms with Crippen LogP contribution in [0.25, 0.3) is 0 Å². The van der Waals surface area contributed by atoms with Crippen molar-refractivity contribution in [3.05, 3.63) is 59.3 Å². The van der Waals surface area contributed by atoms with Crippen molar-refractivity contribution in [1.29, 1.82) is 0 Å². The van der Waals surface area contributed by atoms with Gasteiger partial charge in [0.2, 0.25) is 0 Å². The van der Waals surface area contributed by atoms with Crippen LogP contribution in [-0.2, 0) is 0 Å². The largest absolute Gasteiger partial charge is 0.353 e. The molecule has 5 heteroatoms. The average molecular weight is 350 g/mol. The highest BCUT2D eigenvalue weighted by atomic mass is 16.2. The maximum absolute atomic E-state index is 13.1. The Bertz CT molecular complexity index is 777. The number of nitrogens with one attached hydrogen (secondary N) is 1. The van der Waals surface area contributed by atoms with Crippen LogP contribution in [0.5, 0.6) is 0 Å². The van der Waals surface area contributed by atoms with Crippen molar-refractivity contribution in [2.75, 3.05) is 44.2 Å². The predicted octanol–water partition coefficient (Wildman–Crippen LogP) is 2.43. The summed E-state index contributed by atoms with van der Waals surface area (Å²) in [7, 11) is 0.